The van der Waals surface area contributed by atoms with Crippen LogP contribution in [0.5, 0.6) is 0 Å². The van der Waals surface area contributed by atoms with Gasteiger partial charge in [0.05, 0.1) is 18.3 Å². The Morgan fingerprint density at radius 2 is 2.17 bits per heavy atom. The van der Waals surface area contributed by atoms with Crippen LogP contribution in [0.15, 0.2) is 0 Å². The maximum atomic E-state index is 9.61. The van der Waals surface area contributed by atoms with E-state index in [0.717, 1.165) is 0 Å². The van der Waals surface area contributed by atoms with E-state index in [2.05, 4.69) is 0 Å². The van der Waals surface area contributed by atoms with Gasteiger partial charge in [-0.2, -0.15) is 0 Å². The van der Waals surface area contributed by atoms with E-state index in [1.165, 1.54) is 7.11 Å². The molecule has 0 amide bonds. The first-order valence-corrected chi connectivity index (χ1v) is 4.11. The lowest BCUT2D eigenvalue weighted by Gasteiger charge is -2.31. The molecule has 1 aliphatic rings. The van der Waals surface area contributed by atoms with Crippen molar-refractivity contribution in [3.05, 3.63) is 0 Å². The molecule has 4 heteroatoms. The quantitative estimate of drug-likeness (QED) is 0.585. The summed E-state index contributed by atoms with van der Waals surface area (Å²) >= 11 is 0. The van der Waals surface area contributed by atoms with Gasteiger partial charge in [-0.25, -0.2) is 0 Å². The highest BCUT2D eigenvalue weighted by molar-refractivity contribution is 4.86. The Morgan fingerprint density at radius 3 is 2.75 bits per heavy atom. The van der Waals surface area contributed by atoms with Crippen molar-refractivity contribution in [1.29, 1.82) is 0 Å². The van der Waals surface area contributed by atoms with E-state index in [-0.39, 0.29) is 0 Å². The van der Waals surface area contributed by atoms with Gasteiger partial charge in [0, 0.05) is 13.5 Å². The first kappa shape index (κ1) is 9.92. The summed E-state index contributed by atoms with van der Waals surface area (Å²) < 4.78 is 10.1. The monoisotopic (exact) mass is 176 g/mol. The van der Waals surface area contributed by atoms with Gasteiger partial charge in [-0.1, -0.05) is 0 Å². The van der Waals surface area contributed by atoms with Crippen LogP contribution in [0, 0.1) is 0 Å². The molecule has 0 bridgehead atoms. The Hall–Kier alpha value is -0.160. The molecule has 2 N–H and O–H groups in total. The lowest BCUT2D eigenvalue weighted by atomic mass is 9.93. The molecule has 12 heavy (non-hydrogen) atoms. The highest BCUT2D eigenvalue weighted by Crippen LogP contribution is 2.26. The zero-order valence-electron chi connectivity index (χ0n) is 7.49. The highest BCUT2D eigenvalue weighted by atomic mass is 16.6. The van der Waals surface area contributed by atoms with Gasteiger partial charge in [0.2, 0.25) is 0 Å². The van der Waals surface area contributed by atoms with Crippen LogP contribution in [0.2, 0.25) is 0 Å². The second-order valence-electron chi connectivity index (χ2n) is 3.35. The maximum absolute atomic E-state index is 9.61. The molecule has 0 spiro atoms. The van der Waals surface area contributed by atoms with Gasteiger partial charge < -0.3 is 19.7 Å². The van der Waals surface area contributed by atoms with E-state index in [1.54, 1.807) is 6.92 Å². The van der Waals surface area contributed by atoms with Crippen LogP contribution < -0.4 is 0 Å². The zero-order chi connectivity index (χ0) is 9.19. The maximum Gasteiger partial charge on any atom is 0.157 e. The van der Waals surface area contributed by atoms with Gasteiger partial charge in [-0.05, 0) is 13.3 Å². The standard InChI is InChI=1S/C8H16O4/c1-8(11-2)5-7(10)12-4-3-6(8)9/h6-7,9-10H,3-5H2,1-2H3/t6?,7?,8-/m1/s1. The minimum absolute atomic E-state index is 0.310. The molecule has 0 radical (unpaired) electrons. The van der Waals surface area contributed by atoms with Crippen LogP contribution in [-0.2, 0) is 9.47 Å². The van der Waals surface area contributed by atoms with Crippen LogP contribution >= 0.6 is 0 Å². The van der Waals surface area contributed by atoms with Crippen molar-refractivity contribution >= 4 is 0 Å². The van der Waals surface area contributed by atoms with Crippen molar-refractivity contribution in [3.8, 4) is 0 Å². The van der Waals surface area contributed by atoms with Crippen molar-refractivity contribution in [1.82, 2.24) is 0 Å². The molecule has 0 aromatic heterocycles. The van der Waals surface area contributed by atoms with Gasteiger partial charge in [0.15, 0.2) is 6.29 Å². The fraction of sp³-hybridized carbons (Fsp3) is 1.00. The minimum atomic E-state index is -0.827. The summed E-state index contributed by atoms with van der Waals surface area (Å²) in [6.07, 6.45) is -0.585. The SMILES string of the molecule is CO[C@]1(C)CC(O)OCCC1O. The zero-order valence-corrected chi connectivity index (χ0v) is 7.49. The fourth-order valence-electron chi connectivity index (χ4n) is 1.38. The van der Waals surface area contributed by atoms with Gasteiger partial charge in [-0.3, -0.25) is 0 Å². The van der Waals surface area contributed by atoms with E-state index in [9.17, 15) is 10.2 Å². The van der Waals surface area contributed by atoms with Crippen LogP contribution in [0.4, 0.5) is 0 Å². The van der Waals surface area contributed by atoms with E-state index in [4.69, 9.17) is 9.47 Å². The lowest BCUT2D eigenvalue weighted by Crippen LogP contribution is -2.42. The summed E-state index contributed by atoms with van der Waals surface area (Å²) in [5, 5.41) is 18.9. The molecule has 4 nitrogen and oxygen atoms in total. The molecule has 1 fully saturated rings. The minimum Gasteiger partial charge on any atom is -0.390 e. The van der Waals surface area contributed by atoms with Crippen molar-refractivity contribution in [2.24, 2.45) is 0 Å². The number of methoxy groups -OCH3 is 1. The molecule has 1 aliphatic heterocycles. The highest BCUT2D eigenvalue weighted by Gasteiger charge is 2.37. The summed E-state index contributed by atoms with van der Waals surface area (Å²) in [4.78, 5) is 0. The van der Waals surface area contributed by atoms with E-state index < -0.39 is 18.0 Å². The average molecular weight is 176 g/mol. The summed E-state index contributed by atoms with van der Waals surface area (Å²) in [6, 6.07) is 0. The molecule has 2 unspecified atom stereocenters. The second kappa shape index (κ2) is 3.70. The largest absolute Gasteiger partial charge is 0.390 e. The molecular formula is C8H16O4. The number of aliphatic hydroxyl groups excluding tert-OH is 2. The molecular weight excluding hydrogens is 160 g/mol. The molecule has 3 atom stereocenters. The Bertz CT molecular complexity index is 150. The van der Waals surface area contributed by atoms with Crippen LogP contribution in [-0.4, -0.2) is 41.9 Å². The number of rotatable bonds is 1. The predicted octanol–water partition coefficient (Wildman–Crippen LogP) is -0.119. The Kier molecular flexibility index (Phi) is 3.06. The Labute approximate surface area is 72.1 Å². The molecule has 0 aromatic carbocycles. The predicted molar refractivity (Wildman–Crippen MR) is 42.6 cm³/mol. The number of aliphatic hydroxyl groups is 2. The molecule has 1 rings (SSSR count). The van der Waals surface area contributed by atoms with Gasteiger partial charge in [0.1, 0.15) is 0 Å². The number of hydrogen-bond acceptors (Lipinski definition) is 4. The van der Waals surface area contributed by atoms with Crippen molar-refractivity contribution in [2.45, 2.75) is 37.8 Å². The topological polar surface area (TPSA) is 58.9 Å². The van der Waals surface area contributed by atoms with Gasteiger partial charge >= 0.3 is 0 Å². The van der Waals surface area contributed by atoms with Crippen LogP contribution in [0.1, 0.15) is 19.8 Å². The van der Waals surface area contributed by atoms with Crippen molar-refractivity contribution in [2.75, 3.05) is 13.7 Å². The second-order valence-corrected chi connectivity index (χ2v) is 3.35. The first-order chi connectivity index (χ1) is 5.58. The summed E-state index contributed by atoms with van der Waals surface area (Å²) in [5.41, 5.74) is -0.685. The number of hydrogen-bond donors (Lipinski definition) is 2. The van der Waals surface area contributed by atoms with E-state index >= 15 is 0 Å². The third-order valence-electron chi connectivity index (χ3n) is 2.45. The van der Waals surface area contributed by atoms with Gasteiger partial charge in [-0.15, -0.1) is 0 Å². The summed E-state index contributed by atoms with van der Waals surface area (Å²) in [7, 11) is 1.53. The number of ether oxygens (including phenoxy) is 2. The Balaban J connectivity index is 2.66. The Morgan fingerprint density at radius 1 is 1.50 bits per heavy atom. The molecule has 72 valence electrons. The smallest absolute Gasteiger partial charge is 0.157 e. The molecule has 0 aromatic rings. The third-order valence-corrected chi connectivity index (χ3v) is 2.45. The van der Waals surface area contributed by atoms with Crippen LogP contribution in [0.25, 0.3) is 0 Å². The fourth-order valence-corrected chi connectivity index (χ4v) is 1.38. The lowest BCUT2D eigenvalue weighted by molar-refractivity contribution is -0.142. The van der Waals surface area contributed by atoms with Gasteiger partial charge in [0.25, 0.3) is 0 Å². The normalized spacial score (nSPS) is 44.0. The van der Waals surface area contributed by atoms with E-state index in [0.29, 0.717) is 19.4 Å². The summed E-state index contributed by atoms with van der Waals surface area (Å²) in [5.74, 6) is 0. The summed E-state index contributed by atoms with van der Waals surface area (Å²) in [6.45, 7) is 2.15. The van der Waals surface area contributed by atoms with E-state index in [1.807, 2.05) is 0 Å². The third kappa shape index (κ3) is 1.95. The van der Waals surface area contributed by atoms with Crippen molar-refractivity contribution < 1.29 is 19.7 Å². The molecule has 0 aliphatic carbocycles. The molecule has 1 heterocycles. The molecule has 0 saturated carbocycles. The average Bonchev–Trinajstić information content (AvgIpc) is 2.14. The van der Waals surface area contributed by atoms with Crippen molar-refractivity contribution in [3.63, 3.8) is 0 Å². The first-order valence-electron chi connectivity index (χ1n) is 4.11. The van der Waals surface area contributed by atoms with Crippen LogP contribution in [0.3, 0.4) is 0 Å². The molecule has 1 saturated heterocycles.